The molecule has 0 amide bonds. The predicted molar refractivity (Wildman–Crippen MR) is 83.3 cm³/mol. The summed E-state index contributed by atoms with van der Waals surface area (Å²) in [4.78, 5) is 11.1. The molecule has 0 aliphatic carbocycles. The van der Waals surface area contributed by atoms with Crippen LogP contribution in [0.4, 0.5) is 0 Å². The van der Waals surface area contributed by atoms with Gasteiger partial charge < -0.3 is 14.9 Å². The molecule has 0 spiro atoms. The van der Waals surface area contributed by atoms with E-state index in [1.54, 1.807) is 24.3 Å². The van der Waals surface area contributed by atoms with Crippen molar-refractivity contribution >= 4 is 16.7 Å². The number of benzene rings is 3. The normalized spacial score (nSPS) is 10.5. The second kappa shape index (κ2) is 5.77. The molecular formula is C18H14O4. The summed E-state index contributed by atoms with van der Waals surface area (Å²) in [6, 6.07) is 18.0. The molecule has 0 unspecified atom stereocenters. The predicted octanol–water partition coefficient (Wildman–Crippen LogP) is 3.82. The lowest BCUT2D eigenvalue weighted by Gasteiger charge is -2.11. The van der Waals surface area contributed by atoms with Gasteiger partial charge in [-0.15, -0.1) is 0 Å². The van der Waals surface area contributed by atoms with Gasteiger partial charge in [-0.1, -0.05) is 42.5 Å². The number of rotatable bonds is 4. The van der Waals surface area contributed by atoms with Crippen molar-refractivity contribution in [2.45, 2.75) is 6.61 Å². The maximum Gasteiger partial charge on any atom is 0.339 e. The van der Waals surface area contributed by atoms with E-state index < -0.39 is 5.97 Å². The largest absolute Gasteiger partial charge is 0.506 e. The van der Waals surface area contributed by atoms with Crippen molar-refractivity contribution in [1.82, 2.24) is 0 Å². The molecule has 0 aliphatic heterocycles. The Hall–Kier alpha value is -3.01. The van der Waals surface area contributed by atoms with E-state index in [-0.39, 0.29) is 11.3 Å². The fraction of sp³-hybridized carbons (Fsp3) is 0.0556. The van der Waals surface area contributed by atoms with Crippen LogP contribution in [-0.2, 0) is 6.61 Å². The van der Waals surface area contributed by atoms with Crippen molar-refractivity contribution in [1.29, 1.82) is 0 Å². The van der Waals surface area contributed by atoms with Gasteiger partial charge in [0.1, 0.15) is 23.7 Å². The van der Waals surface area contributed by atoms with E-state index in [9.17, 15) is 9.90 Å². The van der Waals surface area contributed by atoms with Gasteiger partial charge in [0.25, 0.3) is 0 Å². The molecule has 0 fully saturated rings. The number of ether oxygens (including phenoxy) is 1. The monoisotopic (exact) mass is 294 g/mol. The third-order valence-electron chi connectivity index (χ3n) is 3.46. The molecule has 0 heterocycles. The second-order valence-corrected chi connectivity index (χ2v) is 4.89. The molecule has 0 radical (unpaired) electrons. The Morgan fingerprint density at radius 1 is 0.909 bits per heavy atom. The van der Waals surface area contributed by atoms with E-state index in [1.165, 1.54) is 6.07 Å². The molecule has 0 saturated heterocycles. The number of hydrogen-bond acceptors (Lipinski definition) is 3. The minimum absolute atomic E-state index is 0.118. The Morgan fingerprint density at radius 3 is 2.41 bits per heavy atom. The van der Waals surface area contributed by atoms with E-state index in [4.69, 9.17) is 9.84 Å². The first kappa shape index (κ1) is 13.9. The van der Waals surface area contributed by atoms with Crippen LogP contribution in [0, 0.1) is 0 Å². The van der Waals surface area contributed by atoms with Gasteiger partial charge in [0.15, 0.2) is 0 Å². The summed E-state index contributed by atoms with van der Waals surface area (Å²) < 4.78 is 5.80. The zero-order valence-corrected chi connectivity index (χ0v) is 11.7. The number of hydrogen-bond donors (Lipinski definition) is 2. The fourth-order valence-electron chi connectivity index (χ4n) is 2.35. The minimum atomic E-state index is -1.16. The van der Waals surface area contributed by atoms with Crippen LogP contribution in [0.15, 0.2) is 60.7 Å². The van der Waals surface area contributed by atoms with E-state index >= 15 is 0 Å². The molecule has 0 saturated carbocycles. The highest BCUT2D eigenvalue weighted by Crippen LogP contribution is 2.34. The summed E-state index contributed by atoms with van der Waals surface area (Å²) in [6.07, 6.45) is 0. The number of fused-ring (bicyclic) bond motifs is 1. The Kier molecular flexibility index (Phi) is 3.66. The number of aromatic hydroxyl groups is 1. The van der Waals surface area contributed by atoms with Gasteiger partial charge in [-0.3, -0.25) is 0 Å². The Labute approximate surface area is 127 Å². The lowest BCUT2D eigenvalue weighted by molar-refractivity contribution is 0.0694. The molecule has 0 bridgehead atoms. The quantitative estimate of drug-likeness (QED) is 0.767. The van der Waals surface area contributed by atoms with Gasteiger partial charge in [-0.2, -0.15) is 0 Å². The first-order valence-corrected chi connectivity index (χ1v) is 6.81. The summed E-state index contributed by atoms with van der Waals surface area (Å²) in [5.74, 6) is -0.793. The van der Waals surface area contributed by atoms with Crippen molar-refractivity contribution in [3.05, 3.63) is 71.8 Å². The third kappa shape index (κ3) is 2.59. The molecule has 3 aromatic rings. The van der Waals surface area contributed by atoms with E-state index in [2.05, 4.69) is 0 Å². The van der Waals surface area contributed by atoms with Crippen molar-refractivity contribution in [3.8, 4) is 11.5 Å². The maximum absolute atomic E-state index is 11.1. The van der Waals surface area contributed by atoms with Crippen LogP contribution in [0.25, 0.3) is 10.8 Å². The van der Waals surface area contributed by atoms with Crippen LogP contribution in [-0.4, -0.2) is 16.2 Å². The summed E-state index contributed by atoms with van der Waals surface area (Å²) in [5.41, 5.74) is 0.915. The Balaban J connectivity index is 1.97. The molecule has 3 rings (SSSR count). The van der Waals surface area contributed by atoms with Gasteiger partial charge in [-0.25, -0.2) is 4.79 Å². The van der Waals surface area contributed by atoms with E-state index in [1.807, 2.05) is 30.3 Å². The first-order valence-electron chi connectivity index (χ1n) is 6.81. The van der Waals surface area contributed by atoms with E-state index in [0.717, 1.165) is 5.56 Å². The van der Waals surface area contributed by atoms with Gasteiger partial charge in [-0.05, 0) is 23.8 Å². The third-order valence-corrected chi connectivity index (χ3v) is 3.46. The summed E-state index contributed by atoms with van der Waals surface area (Å²) in [5, 5.41) is 20.3. The number of phenols is 1. The van der Waals surface area contributed by atoms with Crippen molar-refractivity contribution in [2.75, 3.05) is 0 Å². The standard InChI is InChI=1S/C18H14O4/c19-17-14-7-4-8-16(13(14)9-10-15(17)18(20)21)22-11-12-5-2-1-3-6-12/h1-10,19H,11H2,(H,20,21). The molecule has 22 heavy (non-hydrogen) atoms. The van der Waals surface area contributed by atoms with Crippen LogP contribution in [0.2, 0.25) is 0 Å². The Morgan fingerprint density at radius 2 is 1.68 bits per heavy atom. The van der Waals surface area contributed by atoms with Crippen LogP contribution < -0.4 is 4.74 Å². The highest BCUT2D eigenvalue weighted by molar-refractivity contribution is 6.02. The van der Waals surface area contributed by atoms with Gasteiger partial charge >= 0.3 is 5.97 Å². The summed E-state index contributed by atoms with van der Waals surface area (Å²) in [7, 11) is 0. The van der Waals surface area contributed by atoms with Crippen LogP contribution in [0.5, 0.6) is 11.5 Å². The lowest BCUT2D eigenvalue weighted by atomic mass is 10.0. The maximum atomic E-state index is 11.1. The average Bonchev–Trinajstić information content (AvgIpc) is 2.54. The molecule has 4 nitrogen and oxygen atoms in total. The van der Waals surface area contributed by atoms with Crippen LogP contribution in [0.1, 0.15) is 15.9 Å². The van der Waals surface area contributed by atoms with Crippen LogP contribution >= 0.6 is 0 Å². The first-order chi connectivity index (χ1) is 10.7. The molecule has 0 aliphatic rings. The number of carbonyl (C=O) groups is 1. The zero-order chi connectivity index (χ0) is 15.5. The van der Waals surface area contributed by atoms with Gasteiger partial charge in [0.2, 0.25) is 0 Å². The minimum Gasteiger partial charge on any atom is -0.506 e. The SMILES string of the molecule is O=C(O)c1ccc2c(OCc3ccccc3)cccc2c1O. The zero-order valence-electron chi connectivity index (χ0n) is 11.7. The second-order valence-electron chi connectivity index (χ2n) is 4.89. The molecule has 3 aromatic carbocycles. The fourth-order valence-corrected chi connectivity index (χ4v) is 2.35. The molecule has 2 N–H and O–H groups in total. The molecular weight excluding hydrogens is 280 g/mol. The lowest BCUT2D eigenvalue weighted by Crippen LogP contribution is -1.98. The smallest absolute Gasteiger partial charge is 0.339 e. The number of carboxylic acids is 1. The van der Waals surface area contributed by atoms with Gasteiger partial charge in [0, 0.05) is 10.8 Å². The topological polar surface area (TPSA) is 66.8 Å². The van der Waals surface area contributed by atoms with Gasteiger partial charge in [0.05, 0.1) is 0 Å². The number of aromatic carboxylic acids is 1. The van der Waals surface area contributed by atoms with Crippen molar-refractivity contribution in [3.63, 3.8) is 0 Å². The van der Waals surface area contributed by atoms with Crippen LogP contribution in [0.3, 0.4) is 0 Å². The van der Waals surface area contributed by atoms with Crippen molar-refractivity contribution < 1.29 is 19.7 Å². The molecule has 0 atom stereocenters. The van der Waals surface area contributed by atoms with E-state index in [0.29, 0.717) is 23.1 Å². The molecule has 110 valence electrons. The highest BCUT2D eigenvalue weighted by atomic mass is 16.5. The number of carboxylic acid groups (broad SMARTS) is 1. The Bertz CT molecular complexity index is 825. The highest BCUT2D eigenvalue weighted by Gasteiger charge is 2.14. The van der Waals surface area contributed by atoms with Crippen molar-refractivity contribution in [2.24, 2.45) is 0 Å². The molecule has 4 heteroatoms. The average molecular weight is 294 g/mol. The molecule has 0 aromatic heterocycles. The summed E-state index contributed by atoms with van der Waals surface area (Å²) >= 11 is 0. The summed E-state index contributed by atoms with van der Waals surface area (Å²) in [6.45, 7) is 0.404.